The molecule has 1 atom stereocenters. The van der Waals surface area contributed by atoms with Crippen molar-refractivity contribution in [3.05, 3.63) is 82.9 Å². The zero-order chi connectivity index (χ0) is 14.4. The van der Waals surface area contributed by atoms with E-state index in [2.05, 4.69) is 27.8 Å². The molecule has 2 nitrogen and oxygen atoms in total. The van der Waals surface area contributed by atoms with Crippen molar-refractivity contribution in [2.75, 3.05) is 0 Å². The van der Waals surface area contributed by atoms with Crippen molar-refractivity contribution in [2.45, 2.75) is 12.5 Å². The third kappa shape index (κ3) is 3.81. The lowest BCUT2D eigenvalue weighted by molar-refractivity contribution is 0.0937. The molecule has 0 saturated carbocycles. The molecule has 0 aliphatic heterocycles. The average Bonchev–Trinajstić information content (AvgIpc) is 2.48. The molecule has 0 aliphatic rings. The van der Waals surface area contributed by atoms with E-state index in [0.29, 0.717) is 12.0 Å². The maximum absolute atomic E-state index is 12.2. The van der Waals surface area contributed by atoms with Crippen LogP contribution in [0.2, 0.25) is 0 Å². The number of amides is 1. The number of hydrogen-bond acceptors (Lipinski definition) is 1. The van der Waals surface area contributed by atoms with Crippen LogP contribution >= 0.6 is 15.9 Å². The molecule has 0 unspecified atom stereocenters. The number of carbonyl (C=O) groups is 1. The van der Waals surface area contributed by atoms with Gasteiger partial charge in [-0.1, -0.05) is 52.3 Å². The molecule has 0 spiro atoms. The van der Waals surface area contributed by atoms with E-state index in [1.807, 2.05) is 60.7 Å². The highest BCUT2D eigenvalue weighted by Crippen LogP contribution is 2.20. The molecule has 2 aromatic carbocycles. The van der Waals surface area contributed by atoms with E-state index in [1.165, 1.54) is 0 Å². The Balaban J connectivity index is 2.15. The molecule has 2 aromatic rings. The Hall–Kier alpha value is -1.87. The predicted molar refractivity (Wildman–Crippen MR) is 85.6 cm³/mol. The van der Waals surface area contributed by atoms with Gasteiger partial charge in [0.1, 0.15) is 0 Å². The van der Waals surface area contributed by atoms with Gasteiger partial charge in [0, 0.05) is 10.0 Å². The maximum Gasteiger partial charge on any atom is 0.251 e. The van der Waals surface area contributed by atoms with E-state index in [-0.39, 0.29) is 11.9 Å². The lowest BCUT2D eigenvalue weighted by Crippen LogP contribution is -2.28. The van der Waals surface area contributed by atoms with Gasteiger partial charge in [0.25, 0.3) is 5.91 Å². The standard InChI is InChI=1S/C17H16BrNO/c1-2-6-16(13-9-11-15(18)12-10-13)19-17(20)14-7-4-3-5-8-14/h2-5,7-12,16H,1,6H2,(H,19,20)/t16-/m0/s1. The SMILES string of the molecule is C=CC[C@H](NC(=O)c1ccccc1)c1ccc(Br)cc1. The number of rotatable bonds is 5. The minimum atomic E-state index is -0.0691. The van der Waals surface area contributed by atoms with E-state index in [4.69, 9.17) is 0 Å². The van der Waals surface area contributed by atoms with Gasteiger partial charge < -0.3 is 5.32 Å². The van der Waals surface area contributed by atoms with Gasteiger partial charge in [-0.3, -0.25) is 4.79 Å². The Bertz CT molecular complexity index is 578. The second-order valence-electron chi connectivity index (χ2n) is 4.47. The first-order chi connectivity index (χ1) is 9.70. The summed E-state index contributed by atoms with van der Waals surface area (Å²) >= 11 is 3.41. The summed E-state index contributed by atoms with van der Waals surface area (Å²) in [6, 6.07) is 17.1. The third-order valence-electron chi connectivity index (χ3n) is 3.02. The fraction of sp³-hybridized carbons (Fsp3) is 0.118. The molecule has 3 heteroatoms. The zero-order valence-electron chi connectivity index (χ0n) is 11.1. The van der Waals surface area contributed by atoms with Gasteiger partial charge in [-0.25, -0.2) is 0 Å². The maximum atomic E-state index is 12.2. The zero-order valence-corrected chi connectivity index (χ0v) is 12.6. The van der Waals surface area contributed by atoms with Crippen LogP contribution in [-0.4, -0.2) is 5.91 Å². The Labute approximate surface area is 127 Å². The molecular formula is C17H16BrNO. The second kappa shape index (κ2) is 7.06. The third-order valence-corrected chi connectivity index (χ3v) is 3.54. The van der Waals surface area contributed by atoms with Crippen LogP contribution in [0.3, 0.4) is 0 Å². The molecule has 0 saturated heterocycles. The fourth-order valence-corrected chi connectivity index (χ4v) is 2.24. The van der Waals surface area contributed by atoms with Gasteiger partial charge >= 0.3 is 0 Å². The molecule has 0 heterocycles. The summed E-state index contributed by atoms with van der Waals surface area (Å²) in [5.74, 6) is -0.0691. The normalized spacial score (nSPS) is 11.7. The number of hydrogen-bond donors (Lipinski definition) is 1. The van der Waals surface area contributed by atoms with Crippen molar-refractivity contribution in [3.8, 4) is 0 Å². The quantitative estimate of drug-likeness (QED) is 0.804. The summed E-state index contributed by atoms with van der Waals surface area (Å²) in [6.45, 7) is 3.76. The summed E-state index contributed by atoms with van der Waals surface area (Å²) < 4.78 is 1.02. The molecule has 102 valence electrons. The second-order valence-corrected chi connectivity index (χ2v) is 5.38. The van der Waals surface area contributed by atoms with Crippen molar-refractivity contribution < 1.29 is 4.79 Å². The van der Waals surface area contributed by atoms with Gasteiger partial charge in [-0.05, 0) is 36.2 Å². The van der Waals surface area contributed by atoms with Crippen LogP contribution in [0, 0.1) is 0 Å². The summed E-state index contributed by atoms with van der Waals surface area (Å²) in [5.41, 5.74) is 1.73. The highest BCUT2D eigenvalue weighted by molar-refractivity contribution is 9.10. The largest absolute Gasteiger partial charge is 0.345 e. The molecule has 0 aromatic heterocycles. The molecular weight excluding hydrogens is 314 g/mol. The van der Waals surface area contributed by atoms with Crippen molar-refractivity contribution >= 4 is 21.8 Å². The van der Waals surface area contributed by atoms with Crippen LogP contribution < -0.4 is 5.32 Å². The van der Waals surface area contributed by atoms with E-state index >= 15 is 0 Å². The topological polar surface area (TPSA) is 29.1 Å². The molecule has 20 heavy (non-hydrogen) atoms. The minimum Gasteiger partial charge on any atom is -0.345 e. The first kappa shape index (κ1) is 14.5. The Morgan fingerprint density at radius 1 is 1.15 bits per heavy atom. The van der Waals surface area contributed by atoms with Crippen LogP contribution in [0.25, 0.3) is 0 Å². The monoisotopic (exact) mass is 329 g/mol. The molecule has 2 rings (SSSR count). The van der Waals surface area contributed by atoms with Gasteiger partial charge in [0.2, 0.25) is 0 Å². The Kier molecular flexibility index (Phi) is 5.13. The highest BCUT2D eigenvalue weighted by atomic mass is 79.9. The summed E-state index contributed by atoms with van der Waals surface area (Å²) in [4.78, 5) is 12.2. The smallest absolute Gasteiger partial charge is 0.251 e. The van der Waals surface area contributed by atoms with Gasteiger partial charge in [-0.15, -0.1) is 6.58 Å². The first-order valence-corrected chi connectivity index (χ1v) is 7.22. The lowest BCUT2D eigenvalue weighted by atomic mass is 10.0. The van der Waals surface area contributed by atoms with Gasteiger partial charge in [0.05, 0.1) is 6.04 Å². The number of halogens is 1. The van der Waals surface area contributed by atoms with Crippen LogP contribution in [0.1, 0.15) is 28.4 Å². The summed E-state index contributed by atoms with van der Waals surface area (Å²) in [7, 11) is 0. The highest BCUT2D eigenvalue weighted by Gasteiger charge is 2.14. The minimum absolute atomic E-state index is 0.0618. The molecule has 1 N–H and O–H groups in total. The van der Waals surface area contributed by atoms with E-state index < -0.39 is 0 Å². The molecule has 0 radical (unpaired) electrons. The predicted octanol–water partition coefficient (Wildman–Crippen LogP) is 4.50. The van der Waals surface area contributed by atoms with Crippen LogP contribution in [0.4, 0.5) is 0 Å². The van der Waals surface area contributed by atoms with Gasteiger partial charge in [0.15, 0.2) is 0 Å². The molecule has 0 fully saturated rings. The molecule has 1 amide bonds. The van der Waals surface area contributed by atoms with Crippen molar-refractivity contribution in [3.63, 3.8) is 0 Å². The molecule has 0 bridgehead atoms. The first-order valence-electron chi connectivity index (χ1n) is 6.43. The fourth-order valence-electron chi connectivity index (χ4n) is 1.97. The van der Waals surface area contributed by atoms with Crippen LogP contribution in [0.5, 0.6) is 0 Å². The summed E-state index contributed by atoms with van der Waals surface area (Å²) in [6.07, 6.45) is 2.51. The van der Waals surface area contributed by atoms with Crippen molar-refractivity contribution in [1.29, 1.82) is 0 Å². The van der Waals surface area contributed by atoms with Crippen LogP contribution in [-0.2, 0) is 0 Å². The van der Waals surface area contributed by atoms with Gasteiger partial charge in [-0.2, -0.15) is 0 Å². The van der Waals surface area contributed by atoms with E-state index in [9.17, 15) is 4.79 Å². The van der Waals surface area contributed by atoms with Crippen molar-refractivity contribution in [1.82, 2.24) is 5.32 Å². The number of nitrogens with one attached hydrogen (secondary N) is 1. The Morgan fingerprint density at radius 3 is 2.40 bits per heavy atom. The van der Waals surface area contributed by atoms with E-state index in [1.54, 1.807) is 0 Å². The number of benzene rings is 2. The summed E-state index contributed by atoms with van der Waals surface area (Å²) in [5, 5.41) is 3.04. The van der Waals surface area contributed by atoms with Crippen molar-refractivity contribution in [2.24, 2.45) is 0 Å². The Morgan fingerprint density at radius 2 is 1.80 bits per heavy atom. The van der Waals surface area contributed by atoms with E-state index in [0.717, 1.165) is 10.0 Å². The molecule has 0 aliphatic carbocycles. The lowest BCUT2D eigenvalue weighted by Gasteiger charge is -2.18. The van der Waals surface area contributed by atoms with Crippen LogP contribution in [0.15, 0.2) is 71.7 Å². The average molecular weight is 330 g/mol. The number of carbonyl (C=O) groups excluding carboxylic acids is 1.